The van der Waals surface area contributed by atoms with E-state index in [4.69, 9.17) is 0 Å². The smallest absolute Gasteiger partial charge is 0.229 e. The third-order valence-electron chi connectivity index (χ3n) is 4.03. The highest BCUT2D eigenvalue weighted by Gasteiger charge is 2.31. The van der Waals surface area contributed by atoms with Crippen LogP contribution in [0.1, 0.15) is 24.0 Å². The van der Waals surface area contributed by atoms with Crippen molar-refractivity contribution in [2.45, 2.75) is 32.2 Å². The lowest BCUT2D eigenvalue weighted by Crippen LogP contribution is -2.37. The number of aryl methyl sites for hydroxylation is 2. The number of anilines is 1. The first kappa shape index (κ1) is 15.3. The molecule has 1 aromatic heterocycles. The van der Waals surface area contributed by atoms with Crippen molar-refractivity contribution in [2.24, 2.45) is 0 Å². The summed E-state index contributed by atoms with van der Waals surface area (Å²) in [5.74, 6) is 0.0174. The molecule has 120 valence electrons. The van der Waals surface area contributed by atoms with Crippen LogP contribution in [0.5, 0.6) is 0 Å². The van der Waals surface area contributed by atoms with Gasteiger partial charge in [-0.15, -0.1) is 0 Å². The summed E-state index contributed by atoms with van der Waals surface area (Å²) in [6, 6.07) is 7.73. The van der Waals surface area contributed by atoms with Gasteiger partial charge < -0.3 is 10.2 Å². The van der Waals surface area contributed by atoms with E-state index in [2.05, 4.69) is 15.5 Å². The van der Waals surface area contributed by atoms with Crippen LogP contribution in [0.25, 0.3) is 0 Å². The van der Waals surface area contributed by atoms with E-state index in [9.17, 15) is 9.59 Å². The molecule has 6 heteroatoms. The number of hydrogen-bond acceptors (Lipinski definition) is 3. The Morgan fingerprint density at radius 1 is 1.39 bits per heavy atom. The molecule has 1 atom stereocenters. The predicted molar refractivity (Wildman–Crippen MR) is 87.0 cm³/mol. The van der Waals surface area contributed by atoms with Crippen LogP contribution in [-0.4, -0.2) is 34.6 Å². The standard InChI is InChI=1S/C17H20N4O2/c1-12-2-5-15(6-3-12)21-11-14(8-17(21)23)20-16(22)7-4-13-9-18-19-10-13/h2-3,5-6,9-10,14H,4,7-8,11H2,1H3,(H,18,19)(H,20,22). The third kappa shape index (κ3) is 3.77. The molecule has 2 heterocycles. The fourth-order valence-corrected chi connectivity index (χ4v) is 2.75. The average Bonchev–Trinajstić information content (AvgIpc) is 3.16. The summed E-state index contributed by atoms with van der Waals surface area (Å²) in [6.07, 6.45) is 4.89. The fraction of sp³-hybridized carbons (Fsp3) is 0.353. The Bertz CT molecular complexity index is 679. The highest BCUT2D eigenvalue weighted by atomic mass is 16.2. The van der Waals surface area contributed by atoms with Crippen molar-refractivity contribution in [3.63, 3.8) is 0 Å². The summed E-state index contributed by atoms with van der Waals surface area (Å²) in [6.45, 7) is 2.54. The number of nitrogens with zero attached hydrogens (tertiary/aromatic N) is 2. The van der Waals surface area contributed by atoms with E-state index in [0.29, 0.717) is 25.8 Å². The molecule has 3 rings (SSSR count). The molecule has 0 spiro atoms. The van der Waals surface area contributed by atoms with Gasteiger partial charge in [0.1, 0.15) is 0 Å². The maximum absolute atomic E-state index is 12.2. The molecule has 1 fully saturated rings. The van der Waals surface area contributed by atoms with E-state index >= 15 is 0 Å². The van der Waals surface area contributed by atoms with Crippen molar-refractivity contribution in [1.29, 1.82) is 0 Å². The summed E-state index contributed by atoms with van der Waals surface area (Å²) in [5, 5.41) is 9.53. The molecule has 1 aromatic carbocycles. The Labute approximate surface area is 134 Å². The molecular formula is C17H20N4O2. The van der Waals surface area contributed by atoms with Gasteiger partial charge in [0.25, 0.3) is 0 Å². The second-order valence-corrected chi connectivity index (χ2v) is 5.92. The molecule has 0 saturated carbocycles. The minimum Gasteiger partial charge on any atom is -0.351 e. The number of benzene rings is 1. The summed E-state index contributed by atoms with van der Waals surface area (Å²) < 4.78 is 0. The van der Waals surface area contributed by atoms with Gasteiger partial charge in [0, 0.05) is 31.3 Å². The number of rotatable bonds is 5. The van der Waals surface area contributed by atoms with Crippen LogP contribution in [0.3, 0.4) is 0 Å². The molecule has 1 saturated heterocycles. The highest BCUT2D eigenvalue weighted by Crippen LogP contribution is 2.22. The van der Waals surface area contributed by atoms with Gasteiger partial charge in [-0.2, -0.15) is 5.10 Å². The van der Waals surface area contributed by atoms with Gasteiger partial charge in [-0.3, -0.25) is 14.7 Å². The predicted octanol–water partition coefficient (Wildman–Crippen LogP) is 1.57. The van der Waals surface area contributed by atoms with Crippen LogP contribution in [0.4, 0.5) is 5.69 Å². The molecule has 1 aliphatic heterocycles. The zero-order valence-electron chi connectivity index (χ0n) is 13.1. The monoisotopic (exact) mass is 312 g/mol. The van der Waals surface area contributed by atoms with Crippen LogP contribution < -0.4 is 10.2 Å². The number of hydrogen-bond donors (Lipinski definition) is 2. The Balaban J connectivity index is 1.53. The number of carbonyl (C=O) groups is 2. The molecule has 0 bridgehead atoms. The van der Waals surface area contributed by atoms with Crippen molar-refractivity contribution in [3.05, 3.63) is 47.8 Å². The molecule has 6 nitrogen and oxygen atoms in total. The van der Waals surface area contributed by atoms with E-state index < -0.39 is 0 Å². The lowest BCUT2D eigenvalue weighted by atomic mass is 10.2. The van der Waals surface area contributed by atoms with Crippen molar-refractivity contribution >= 4 is 17.5 Å². The van der Waals surface area contributed by atoms with Gasteiger partial charge in [0.05, 0.1) is 12.2 Å². The zero-order chi connectivity index (χ0) is 16.2. The third-order valence-corrected chi connectivity index (χ3v) is 4.03. The summed E-state index contributed by atoms with van der Waals surface area (Å²) in [7, 11) is 0. The fourth-order valence-electron chi connectivity index (χ4n) is 2.75. The summed E-state index contributed by atoms with van der Waals surface area (Å²) in [5.41, 5.74) is 3.05. The molecule has 23 heavy (non-hydrogen) atoms. The Morgan fingerprint density at radius 3 is 2.87 bits per heavy atom. The van der Waals surface area contributed by atoms with Crippen LogP contribution in [0, 0.1) is 6.92 Å². The van der Waals surface area contributed by atoms with Crippen LogP contribution in [-0.2, 0) is 16.0 Å². The molecule has 2 aromatic rings. The Morgan fingerprint density at radius 2 is 2.17 bits per heavy atom. The van der Waals surface area contributed by atoms with Gasteiger partial charge in [-0.05, 0) is 31.0 Å². The van der Waals surface area contributed by atoms with E-state index in [1.165, 1.54) is 0 Å². The van der Waals surface area contributed by atoms with Gasteiger partial charge >= 0.3 is 0 Å². The van der Waals surface area contributed by atoms with Crippen LogP contribution in [0.2, 0.25) is 0 Å². The highest BCUT2D eigenvalue weighted by molar-refractivity contribution is 5.96. The quantitative estimate of drug-likeness (QED) is 0.880. The molecule has 2 N–H and O–H groups in total. The van der Waals surface area contributed by atoms with E-state index in [-0.39, 0.29) is 17.9 Å². The van der Waals surface area contributed by atoms with Crippen molar-refractivity contribution < 1.29 is 9.59 Å². The normalized spacial score (nSPS) is 17.5. The van der Waals surface area contributed by atoms with Gasteiger partial charge in [0.2, 0.25) is 11.8 Å². The second-order valence-electron chi connectivity index (χ2n) is 5.92. The molecule has 1 aliphatic rings. The minimum absolute atomic E-state index is 0.0326. The number of carbonyl (C=O) groups excluding carboxylic acids is 2. The van der Waals surface area contributed by atoms with Gasteiger partial charge in [-0.1, -0.05) is 17.7 Å². The maximum Gasteiger partial charge on any atom is 0.229 e. The molecule has 2 amide bonds. The molecule has 0 radical (unpaired) electrons. The Kier molecular flexibility index (Phi) is 4.41. The van der Waals surface area contributed by atoms with E-state index in [1.807, 2.05) is 31.2 Å². The van der Waals surface area contributed by atoms with Crippen molar-refractivity contribution in [2.75, 3.05) is 11.4 Å². The van der Waals surface area contributed by atoms with Crippen LogP contribution in [0.15, 0.2) is 36.7 Å². The van der Waals surface area contributed by atoms with Crippen molar-refractivity contribution in [1.82, 2.24) is 15.5 Å². The molecule has 0 aliphatic carbocycles. The minimum atomic E-state index is -0.124. The summed E-state index contributed by atoms with van der Waals surface area (Å²) in [4.78, 5) is 25.9. The van der Waals surface area contributed by atoms with E-state index in [1.54, 1.807) is 17.3 Å². The average molecular weight is 312 g/mol. The number of H-pyrrole nitrogens is 1. The van der Waals surface area contributed by atoms with Gasteiger partial charge in [-0.25, -0.2) is 0 Å². The number of nitrogens with one attached hydrogen (secondary N) is 2. The SMILES string of the molecule is Cc1ccc(N2CC(NC(=O)CCc3cn[nH]c3)CC2=O)cc1. The lowest BCUT2D eigenvalue weighted by Gasteiger charge is -2.17. The number of aromatic nitrogens is 2. The largest absolute Gasteiger partial charge is 0.351 e. The molecule has 1 unspecified atom stereocenters. The Hall–Kier alpha value is -2.63. The maximum atomic E-state index is 12.2. The van der Waals surface area contributed by atoms with E-state index in [0.717, 1.165) is 16.8 Å². The number of aromatic amines is 1. The second kappa shape index (κ2) is 6.64. The first-order chi connectivity index (χ1) is 11.1. The summed E-state index contributed by atoms with van der Waals surface area (Å²) >= 11 is 0. The number of amides is 2. The van der Waals surface area contributed by atoms with Crippen LogP contribution >= 0.6 is 0 Å². The topological polar surface area (TPSA) is 78.1 Å². The molecular weight excluding hydrogens is 292 g/mol. The lowest BCUT2D eigenvalue weighted by molar-refractivity contribution is -0.121. The zero-order valence-corrected chi connectivity index (χ0v) is 13.1. The first-order valence-electron chi connectivity index (χ1n) is 7.76. The first-order valence-corrected chi connectivity index (χ1v) is 7.76. The van der Waals surface area contributed by atoms with Gasteiger partial charge in [0.15, 0.2) is 0 Å². The van der Waals surface area contributed by atoms with Crippen molar-refractivity contribution in [3.8, 4) is 0 Å².